The molecule has 3 heterocycles. The summed E-state index contributed by atoms with van der Waals surface area (Å²) in [5.74, 6) is -0.810. The number of benzene rings is 1. The maximum atomic E-state index is 12.7. The lowest BCUT2D eigenvalue weighted by molar-refractivity contribution is 0.0678. The van der Waals surface area contributed by atoms with Crippen molar-refractivity contribution in [1.29, 1.82) is 0 Å². The van der Waals surface area contributed by atoms with Gasteiger partial charge in [-0.1, -0.05) is 24.3 Å². The molecule has 6 heteroatoms. The van der Waals surface area contributed by atoms with Gasteiger partial charge in [0, 0.05) is 25.5 Å². The fraction of sp³-hybridized carbons (Fsp3) is 0.250. The van der Waals surface area contributed by atoms with E-state index in [9.17, 15) is 14.7 Å². The number of nitrogens with zero attached hydrogens (tertiary/aromatic N) is 3. The highest BCUT2D eigenvalue weighted by molar-refractivity contribution is 5.93. The smallest absolute Gasteiger partial charge is 0.335 e. The highest BCUT2D eigenvalue weighted by Gasteiger charge is 2.27. The Balaban J connectivity index is 1.48. The number of hydrogen-bond acceptors (Lipinski definition) is 3. The van der Waals surface area contributed by atoms with Crippen LogP contribution in [0.25, 0.3) is 5.65 Å². The Morgan fingerprint density at radius 1 is 1.04 bits per heavy atom. The minimum atomic E-state index is -0.899. The molecule has 0 radical (unpaired) electrons. The molecule has 0 atom stereocenters. The molecule has 3 aromatic rings. The first-order chi connectivity index (χ1) is 12.6. The lowest BCUT2D eigenvalue weighted by Gasteiger charge is -2.32. The molecule has 2 aromatic heterocycles. The van der Waals surface area contributed by atoms with Crippen LogP contribution in [0.1, 0.15) is 45.2 Å². The first kappa shape index (κ1) is 16.3. The molecule has 0 aliphatic carbocycles. The average Bonchev–Trinajstić information content (AvgIpc) is 3.12. The Morgan fingerprint density at radius 2 is 1.77 bits per heavy atom. The number of amides is 1. The SMILES string of the molecule is O=C(O)c1ccccc1C1CCN(C(=O)c2cn3ccccc3n2)CC1. The Labute approximate surface area is 150 Å². The number of carboxylic acid groups (broad SMARTS) is 1. The molecule has 132 valence electrons. The monoisotopic (exact) mass is 349 g/mol. The molecule has 1 aliphatic rings. The predicted octanol–water partition coefficient (Wildman–Crippen LogP) is 3.05. The summed E-state index contributed by atoms with van der Waals surface area (Å²) in [6.07, 6.45) is 5.13. The zero-order valence-electron chi connectivity index (χ0n) is 14.2. The summed E-state index contributed by atoms with van der Waals surface area (Å²) in [6, 6.07) is 12.8. The third-order valence-corrected chi connectivity index (χ3v) is 5.00. The molecule has 1 amide bonds. The van der Waals surface area contributed by atoms with Crippen molar-refractivity contribution in [2.75, 3.05) is 13.1 Å². The van der Waals surface area contributed by atoms with Gasteiger partial charge < -0.3 is 14.4 Å². The number of rotatable bonds is 3. The number of aromatic carboxylic acids is 1. The lowest BCUT2D eigenvalue weighted by Crippen LogP contribution is -2.38. The van der Waals surface area contributed by atoms with E-state index in [2.05, 4.69) is 4.98 Å². The fourth-order valence-corrected chi connectivity index (χ4v) is 3.64. The van der Waals surface area contributed by atoms with Gasteiger partial charge in [0.15, 0.2) is 0 Å². The van der Waals surface area contributed by atoms with Crippen LogP contribution in [0.15, 0.2) is 54.9 Å². The summed E-state index contributed by atoms with van der Waals surface area (Å²) in [6.45, 7) is 1.21. The van der Waals surface area contributed by atoms with Crippen molar-refractivity contribution in [3.8, 4) is 0 Å². The molecule has 1 fully saturated rings. The number of piperidine rings is 1. The van der Waals surface area contributed by atoms with E-state index in [0.29, 0.717) is 24.3 Å². The number of hydrogen-bond donors (Lipinski definition) is 1. The molecule has 6 nitrogen and oxygen atoms in total. The fourth-order valence-electron chi connectivity index (χ4n) is 3.64. The predicted molar refractivity (Wildman–Crippen MR) is 96.5 cm³/mol. The van der Waals surface area contributed by atoms with E-state index < -0.39 is 5.97 Å². The van der Waals surface area contributed by atoms with Crippen LogP contribution in [0.4, 0.5) is 0 Å². The third-order valence-electron chi connectivity index (χ3n) is 5.00. The molecule has 1 aliphatic heterocycles. The van der Waals surface area contributed by atoms with Crippen molar-refractivity contribution in [1.82, 2.24) is 14.3 Å². The summed E-state index contributed by atoms with van der Waals surface area (Å²) < 4.78 is 1.84. The van der Waals surface area contributed by atoms with E-state index in [1.807, 2.05) is 45.8 Å². The number of carbonyl (C=O) groups is 2. The van der Waals surface area contributed by atoms with Crippen LogP contribution in [0.2, 0.25) is 0 Å². The summed E-state index contributed by atoms with van der Waals surface area (Å²) in [7, 11) is 0. The molecular formula is C20H19N3O3. The van der Waals surface area contributed by atoms with Gasteiger partial charge in [-0.3, -0.25) is 4.79 Å². The summed E-state index contributed by atoms with van der Waals surface area (Å²) >= 11 is 0. The highest BCUT2D eigenvalue weighted by atomic mass is 16.4. The van der Waals surface area contributed by atoms with E-state index in [4.69, 9.17) is 0 Å². The molecule has 26 heavy (non-hydrogen) atoms. The molecule has 4 rings (SSSR count). The van der Waals surface area contributed by atoms with Crippen LogP contribution in [0, 0.1) is 0 Å². The van der Waals surface area contributed by atoms with Gasteiger partial charge in [0.25, 0.3) is 5.91 Å². The lowest BCUT2D eigenvalue weighted by atomic mass is 9.86. The summed E-state index contributed by atoms with van der Waals surface area (Å²) in [5, 5.41) is 9.38. The van der Waals surface area contributed by atoms with Crippen LogP contribution in [-0.4, -0.2) is 44.4 Å². The minimum Gasteiger partial charge on any atom is -0.478 e. The Kier molecular flexibility index (Phi) is 4.16. The van der Waals surface area contributed by atoms with Crippen molar-refractivity contribution in [2.45, 2.75) is 18.8 Å². The van der Waals surface area contributed by atoms with Crippen molar-refractivity contribution in [3.63, 3.8) is 0 Å². The quantitative estimate of drug-likeness (QED) is 0.789. The third kappa shape index (κ3) is 2.94. The second kappa shape index (κ2) is 6.63. The van der Waals surface area contributed by atoms with E-state index in [0.717, 1.165) is 24.1 Å². The van der Waals surface area contributed by atoms with Gasteiger partial charge in [0.05, 0.1) is 5.56 Å². The second-order valence-electron chi connectivity index (χ2n) is 6.55. The molecule has 1 aromatic carbocycles. The topological polar surface area (TPSA) is 74.9 Å². The maximum absolute atomic E-state index is 12.7. The number of carboxylic acids is 1. The molecule has 1 N–H and O–H groups in total. The van der Waals surface area contributed by atoms with Crippen molar-refractivity contribution in [3.05, 3.63) is 71.7 Å². The highest BCUT2D eigenvalue weighted by Crippen LogP contribution is 2.31. The van der Waals surface area contributed by atoms with Crippen molar-refractivity contribution in [2.24, 2.45) is 0 Å². The van der Waals surface area contributed by atoms with Gasteiger partial charge >= 0.3 is 5.97 Å². The van der Waals surface area contributed by atoms with Gasteiger partial charge in [-0.25, -0.2) is 9.78 Å². The van der Waals surface area contributed by atoms with E-state index >= 15 is 0 Å². The Morgan fingerprint density at radius 3 is 2.50 bits per heavy atom. The molecule has 0 bridgehead atoms. The molecular weight excluding hydrogens is 330 g/mol. The van der Waals surface area contributed by atoms with E-state index in [-0.39, 0.29) is 11.8 Å². The average molecular weight is 349 g/mol. The number of carbonyl (C=O) groups excluding carboxylic acids is 1. The second-order valence-corrected chi connectivity index (χ2v) is 6.55. The first-order valence-corrected chi connectivity index (χ1v) is 8.69. The zero-order valence-corrected chi connectivity index (χ0v) is 14.2. The van der Waals surface area contributed by atoms with Crippen molar-refractivity contribution < 1.29 is 14.7 Å². The van der Waals surface area contributed by atoms with Gasteiger partial charge in [-0.15, -0.1) is 0 Å². The van der Waals surface area contributed by atoms with Crippen molar-refractivity contribution >= 4 is 17.5 Å². The van der Waals surface area contributed by atoms with Crippen LogP contribution in [-0.2, 0) is 0 Å². The summed E-state index contributed by atoms with van der Waals surface area (Å²) in [4.78, 5) is 30.4. The van der Waals surface area contributed by atoms with Gasteiger partial charge in [-0.2, -0.15) is 0 Å². The molecule has 0 spiro atoms. The standard InChI is InChI=1S/C20H19N3O3/c24-19(17-13-23-10-4-3-7-18(23)21-17)22-11-8-14(9-12-22)15-5-1-2-6-16(15)20(25)26/h1-7,10,13-14H,8-9,11-12H2,(H,25,26). The van der Waals surface area contributed by atoms with Gasteiger partial charge in [0.1, 0.15) is 11.3 Å². The van der Waals surface area contributed by atoms with Crippen LogP contribution in [0.3, 0.4) is 0 Å². The number of likely N-dealkylation sites (tertiary alicyclic amines) is 1. The number of pyridine rings is 1. The van der Waals surface area contributed by atoms with Gasteiger partial charge in [0.2, 0.25) is 0 Å². The number of imidazole rings is 1. The number of aromatic nitrogens is 2. The Bertz CT molecular complexity index is 938. The van der Waals surface area contributed by atoms with E-state index in [1.54, 1.807) is 18.3 Å². The molecule has 1 saturated heterocycles. The summed E-state index contributed by atoms with van der Waals surface area (Å²) in [5.41, 5.74) is 2.42. The minimum absolute atomic E-state index is 0.0707. The maximum Gasteiger partial charge on any atom is 0.335 e. The normalized spacial score (nSPS) is 15.3. The first-order valence-electron chi connectivity index (χ1n) is 8.69. The number of fused-ring (bicyclic) bond motifs is 1. The zero-order chi connectivity index (χ0) is 18.1. The van der Waals surface area contributed by atoms with E-state index in [1.165, 1.54) is 0 Å². The van der Waals surface area contributed by atoms with Crippen LogP contribution >= 0.6 is 0 Å². The van der Waals surface area contributed by atoms with Gasteiger partial charge in [-0.05, 0) is 42.5 Å². The molecule has 0 unspecified atom stereocenters. The Hall–Kier alpha value is -3.15. The largest absolute Gasteiger partial charge is 0.478 e. The van der Waals surface area contributed by atoms with Crippen LogP contribution < -0.4 is 0 Å². The molecule has 0 saturated carbocycles. The van der Waals surface area contributed by atoms with Crippen LogP contribution in [0.5, 0.6) is 0 Å².